The quantitative estimate of drug-likeness (QED) is 0.824. The second-order valence-corrected chi connectivity index (χ2v) is 6.32. The van der Waals surface area contributed by atoms with Gasteiger partial charge >= 0.3 is 0 Å². The van der Waals surface area contributed by atoms with Crippen LogP contribution in [0.4, 0.5) is 0 Å². The average Bonchev–Trinajstić information content (AvgIpc) is 3.10. The van der Waals surface area contributed by atoms with Gasteiger partial charge in [-0.1, -0.05) is 20.8 Å². The molecule has 2 N–H and O–H groups in total. The van der Waals surface area contributed by atoms with Gasteiger partial charge in [-0.05, 0) is 38.7 Å². The van der Waals surface area contributed by atoms with Gasteiger partial charge in [0.15, 0.2) is 0 Å². The molecule has 2 aromatic rings. The molecular weight excluding hydrogens is 290 g/mol. The molecule has 1 amide bonds. The fourth-order valence-corrected chi connectivity index (χ4v) is 2.62. The molecule has 2 aromatic heterocycles. The van der Waals surface area contributed by atoms with Gasteiger partial charge in [0, 0.05) is 18.4 Å². The fraction of sp³-hybridized carbons (Fsp3) is 0.588. The molecule has 1 atom stereocenters. The van der Waals surface area contributed by atoms with Gasteiger partial charge < -0.3 is 10.3 Å². The Balaban J connectivity index is 2.17. The minimum Gasteiger partial charge on any atom is -0.344 e. The Labute approximate surface area is 137 Å². The van der Waals surface area contributed by atoms with Gasteiger partial charge in [0.2, 0.25) is 0 Å². The molecule has 0 aliphatic carbocycles. The van der Waals surface area contributed by atoms with Crippen LogP contribution in [0.15, 0.2) is 12.3 Å². The van der Waals surface area contributed by atoms with E-state index in [1.807, 2.05) is 26.8 Å². The van der Waals surface area contributed by atoms with Crippen molar-refractivity contribution in [3.63, 3.8) is 0 Å². The van der Waals surface area contributed by atoms with Crippen LogP contribution in [0.3, 0.4) is 0 Å². The van der Waals surface area contributed by atoms with E-state index >= 15 is 0 Å². The smallest absolute Gasteiger partial charge is 0.270 e. The maximum Gasteiger partial charge on any atom is 0.270 e. The summed E-state index contributed by atoms with van der Waals surface area (Å²) in [5.74, 6) is 1.21. The Hall–Kier alpha value is -2.11. The van der Waals surface area contributed by atoms with Crippen LogP contribution in [0.25, 0.3) is 0 Å². The number of nitrogens with one attached hydrogen (secondary N) is 2. The number of carbonyl (C=O) groups excluding carboxylic acids is 1. The van der Waals surface area contributed by atoms with E-state index in [0.29, 0.717) is 18.2 Å². The van der Waals surface area contributed by atoms with E-state index in [-0.39, 0.29) is 11.9 Å². The number of rotatable bonds is 7. The molecule has 0 bridgehead atoms. The first-order chi connectivity index (χ1) is 10.9. The molecule has 126 valence electrons. The Morgan fingerprint density at radius 3 is 2.65 bits per heavy atom. The summed E-state index contributed by atoms with van der Waals surface area (Å²) in [6.45, 7) is 11.0. The van der Waals surface area contributed by atoms with Crippen LogP contribution < -0.4 is 5.32 Å². The van der Waals surface area contributed by atoms with E-state index < -0.39 is 0 Å². The van der Waals surface area contributed by atoms with E-state index in [4.69, 9.17) is 0 Å². The molecule has 0 saturated carbocycles. The number of aromatic amines is 1. The van der Waals surface area contributed by atoms with Crippen LogP contribution in [0.2, 0.25) is 0 Å². The summed E-state index contributed by atoms with van der Waals surface area (Å²) in [5, 5.41) is 7.59. The van der Waals surface area contributed by atoms with Gasteiger partial charge in [0.05, 0.1) is 11.7 Å². The van der Waals surface area contributed by atoms with Gasteiger partial charge in [0.1, 0.15) is 11.5 Å². The summed E-state index contributed by atoms with van der Waals surface area (Å²) in [5.41, 5.74) is 2.57. The van der Waals surface area contributed by atoms with E-state index in [2.05, 4.69) is 34.2 Å². The number of H-pyrrole nitrogens is 1. The predicted molar refractivity (Wildman–Crippen MR) is 90.3 cm³/mol. The van der Waals surface area contributed by atoms with Crippen molar-refractivity contribution in [3.8, 4) is 0 Å². The molecule has 2 heterocycles. The zero-order valence-electron chi connectivity index (χ0n) is 14.7. The summed E-state index contributed by atoms with van der Waals surface area (Å²) in [4.78, 5) is 20.2. The minimum absolute atomic E-state index is 0.102. The Bertz CT molecular complexity index is 656. The molecule has 0 fully saturated rings. The molecule has 0 radical (unpaired) electrons. The number of hydrogen-bond acceptors (Lipinski definition) is 3. The van der Waals surface area contributed by atoms with Crippen molar-refractivity contribution in [2.24, 2.45) is 5.92 Å². The highest BCUT2D eigenvalue weighted by atomic mass is 16.2. The predicted octanol–water partition coefficient (Wildman–Crippen LogP) is 3.01. The van der Waals surface area contributed by atoms with E-state index in [1.165, 1.54) is 0 Å². The molecule has 2 rings (SSSR count). The van der Waals surface area contributed by atoms with Crippen molar-refractivity contribution in [1.29, 1.82) is 0 Å². The van der Waals surface area contributed by atoms with Crippen LogP contribution in [0, 0.1) is 12.8 Å². The third-order valence-electron chi connectivity index (χ3n) is 3.75. The van der Waals surface area contributed by atoms with Gasteiger partial charge in [-0.15, -0.1) is 0 Å². The highest BCUT2D eigenvalue weighted by Gasteiger charge is 2.20. The highest BCUT2D eigenvalue weighted by molar-refractivity contribution is 5.92. The lowest BCUT2D eigenvalue weighted by atomic mass is 10.1. The maximum absolute atomic E-state index is 12.7. The van der Waals surface area contributed by atoms with Gasteiger partial charge in [-0.2, -0.15) is 5.10 Å². The zero-order chi connectivity index (χ0) is 17.0. The van der Waals surface area contributed by atoms with Crippen molar-refractivity contribution in [1.82, 2.24) is 25.1 Å². The first-order valence-corrected chi connectivity index (χ1v) is 8.33. The first kappa shape index (κ1) is 17.2. The second kappa shape index (κ2) is 7.44. The highest BCUT2D eigenvalue weighted by Crippen LogP contribution is 2.15. The molecule has 6 heteroatoms. The van der Waals surface area contributed by atoms with Crippen molar-refractivity contribution < 1.29 is 4.79 Å². The number of carbonyl (C=O) groups is 1. The normalized spacial score (nSPS) is 12.6. The maximum atomic E-state index is 12.7. The largest absolute Gasteiger partial charge is 0.344 e. The molecule has 0 saturated heterocycles. The van der Waals surface area contributed by atoms with Gasteiger partial charge in [0.25, 0.3) is 5.91 Å². The molecule has 0 aromatic carbocycles. The summed E-state index contributed by atoms with van der Waals surface area (Å²) in [6.07, 6.45) is 3.43. The first-order valence-electron chi connectivity index (χ1n) is 8.33. The minimum atomic E-state index is -0.120. The van der Waals surface area contributed by atoms with Crippen LogP contribution in [-0.4, -0.2) is 25.7 Å². The third-order valence-corrected chi connectivity index (χ3v) is 3.75. The van der Waals surface area contributed by atoms with Gasteiger partial charge in [-0.25, -0.2) is 4.98 Å². The number of nitrogens with zero attached hydrogens (tertiary/aromatic N) is 3. The van der Waals surface area contributed by atoms with Crippen molar-refractivity contribution in [3.05, 3.63) is 35.2 Å². The van der Waals surface area contributed by atoms with Crippen LogP contribution in [0.1, 0.15) is 67.9 Å². The molecule has 0 unspecified atom stereocenters. The number of amides is 1. The molecule has 6 nitrogen and oxygen atoms in total. The molecule has 0 aliphatic heterocycles. The lowest BCUT2D eigenvalue weighted by molar-refractivity contribution is 0.0923. The molecule has 0 aliphatic rings. The zero-order valence-corrected chi connectivity index (χ0v) is 14.7. The Kier molecular flexibility index (Phi) is 5.58. The third kappa shape index (κ3) is 4.21. The number of hydrogen-bond donors (Lipinski definition) is 2. The number of aromatic nitrogens is 4. The SMILES string of the molecule is CC[C@H](NC(=O)c1cc(CC(C)C)nn1CC)c1ncc(C)[nH]1. The standard InChI is InChI=1S/C17H27N5O/c1-6-14(16-18-10-12(5)19-16)20-17(23)15-9-13(8-11(3)4)21-22(15)7-2/h9-11,14H,6-8H2,1-5H3,(H,18,19)(H,20,23)/t14-/m0/s1. The lowest BCUT2D eigenvalue weighted by Crippen LogP contribution is -2.30. The second-order valence-electron chi connectivity index (χ2n) is 6.32. The summed E-state index contributed by atoms with van der Waals surface area (Å²) in [6, 6.07) is 1.78. The summed E-state index contributed by atoms with van der Waals surface area (Å²) in [7, 11) is 0. The van der Waals surface area contributed by atoms with Crippen molar-refractivity contribution in [2.75, 3.05) is 0 Å². The lowest BCUT2D eigenvalue weighted by Gasteiger charge is -2.15. The average molecular weight is 317 g/mol. The number of aryl methyl sites for hydroxylation is 2. The molecule has 23 heavy (non-hydrogen) atoms. The topological polar surface area (TPSA) is 75.6 Å². The molecule has 0 spiro atoms. The fourth-order valence-electron chi connectivity index (χ4n) is 2.62. The van der Waals surface area contributed by atoms with E-state index in [9.17, 15) is 4.79 Å². The molecular formula is C17H27N5O. The van der Waals surface area contributed by atoms with Crippen molar-refractivity contribution in [2.45, 2.75) is 60.0 Å². The Morgan fingerprint density at radius 2 is 2.13 bits per heavy atom. The monoisotopic (exact) mass is 317 g/mol. The van der Waals surface area contributed by atoms with E-state index in [1.54, 1.807) is 10.9 Å². The summed E-state index contributed by atoms with van der Waals surface area (Å²) < 4.78 is 1.77. The van der Waals surface area contributed by atoms with Crippen LogP contribution in [-0.2, 0) is 13.0 Å². The van der Waals surface area contributed by atoms with Gasteiger partial charge in [-0.3, -0.25) is 9.48 Å². The van der Waals surface area contributed by atoms with E-state index in [0.717, 1.165) is 30.1 Å². The Morgan fingerprint density at radius 1 is 1.39 bits per heavy atom. The number of imidazole rings is 1. The summed E-state index contributed by atoms with van der Waals surface area (Å²) >= 11 is 0. The van der Waals surface area contributed by atoms with Crippen molar-refractivity contribution >= 4 is 5.91 Å². The van der Waals surface area contributed by atoms with Crippen LogP contribution in [0.5, 0.6) is 0 Å². The van der Waals surface area contributed by atoms with Crippen LogP contribution >= 0.6 is 0 Å².